The van der Waals surface area contributed by atoms with E-state index in [4.69, 9.17) is 9.47 Å². The van der Waals surface area contributed by atoms with Crippen LogP contribution in [0.15, 0.2) is 47.5 Å². The molecule has 3 rings (SSSR count). The minimum absolute atomic E-state index is 0.208. The van der Waals surface area contributed by atoms with E-state index < -0.39 is 0 Å². The SMILES string of the molecule is CN=C(NCCCC(=O)N1Cc2ccccc2C1)N(C)CCc1ccc(OC)c(OC)c1. The Bertz CT molecular complexity index is 920. The van der Waals surface area contributed by atoms with Gasteiger partial charge in [-0.2, -0.15) is 0 Å². The molecule has 0 atom stereocenters. The summed E-state index contributed by atoms with van der Waals surface area (Å²) in [5, 5.41) is 3.37. The van der Waals surface area contributed by atoms with E-state index in [0.29, 0.717) is 13.0 Å². The zero-order valence-corrected chi connectivity index (χ0v) is 19.6. The number of carbonyl (C=O) groups excluding carboxylic acids is 1. The number of methoxy groups -OCH3 is 2. The van der Waals surface area contributed by atoms with E-state index in [-0.39, 0.29) is 5.91 Å². The molecule has 0 radical (unpaired) electrons. The number of rotatable bonds is 9. The van der Waals surface area contributed by atoms with Crippen LogP contribution in [0, 0.1) is 0 Å². The number of fused-ring (bicyclic) bond motifs is 1. The van der Waals surface area contributed by atoms with Gasteiger partial charge in [-0.05, 0) is 41.7 Å². The number of benzene rings is 2. The average molecular weight is 439 g/mol. The van der Waals surface area contributed by atoms with Crippen LogP contribution in [0.2, 0.25) is 0 Å². The molecule has 2 aromatic rings. The summed E-state index contributed by atoms with van der Waals surface area (Å²) in [5.74, 6) is 2.50. The van der Waals surface area contributed by atoms with Gasteiger partial charge in [0.25, 0.3) is 0 Å². The van der Waals surface area contributed by atoms with Gasteiger partial charge in [-0.15, -0.1) is 0 Å². The number of likely N-dealkylation sites (N-methyl/N-ethyl adjacent to an activating group) is 1. The first kappa shape index (κ1) is 23.4. The second-order valence-electron chi connectivity index (χ2n) is 7.96. The van der Waals surface area contributed by atoms with Gasteiger partial charge in [0, 0.05) is 46.7 Å². The first-order valence-electron chi connectivity index (χ1n) is 11.0. The molecule has 0 aromatic heterocycles. The van der Waals surface area contributed by atoms with E-state index in [9.17, 15) is 4.79 Å². The van der Waals surface area contributed by atoms with Crippen molar-refractivity contribution in [1.82, 2.24) is 15.1 Å². The third-order valence-corrected chi connectivity index (χ3v) is 5.80. The predicted molar refractivity (Wildman–Crippen MR) is 127 cm³/mol. The lowest BCUT2D eigenvalue weighted by atomic mass is 10.1. The van der Waals surface area contributed by atoms with Crippen molar-refractivity contribution in [3.8, 4) is 11.5 Å². The van der Waals surface area contributed by atoms with Crippen molar-refractivity contribution in [3.05, 3.63) is 59.2 Å². The van der Waals surface area contributed by atoms with Gasteiger partial charge in [-0.1, -0.05) is 30.3 Å². The van der Waals surface area contributed by atoms with Crippen LogP contribution >= 0.6 is 0 Å². The van der Waals surface area contributed by atoms with Crippen LogP contribution in [0.1, 0.15) is 29.5 Å². The third kappa shape index (κ3) is 5.93. The molecule has 0 fully saturated rings. The van der Waals surface area contributed by atoms with E-state index in [1.165, 1.54) is 16.7 Å². The maximum Gasteiger partial charge on any atom is 0.223 e. The van der Waals surface area contributed by atoms with Crippen LogP contribution in [0.4, 0.5) is 0 Å². The molecule has 7 nitrogen and oxygen atoms in total. The molecule has 172 valence electrons. The molecular formula is C25H34N4O3. The standard InChI is InChI=1S/C25H34N4O3/c1-26-25(28(2)15-13-19-11-12-22(31-3)23(16-19)32-4)27-14-7-10-24(30)29-17-20-8-5-6-9-21(20)18-29/h5-6,8-9,11-12,16H,7,10,13-15,17-18H2,1-4H3,(H,26,27). The molecule has 0 bridgehead atoms. The van der Waals surface area contributed by atoms with Crippen LogP contribution in [-0.2, 0) is 24.3 Å². The van der Waals surface area contributed by atoms with Crippen LogP contribution in [0.3, 0.4) is 0 Å². The highest BCUT2D eigenvalue weighted by atomic mass is 16.5. The Morgan fingerprint density at radius 3 is 2.41 bits per heavy atom. The summed E-state index contributed by atoms with van der Waals surface area (Å²) in [4.78, 5) is 21.0. The molecule has 0 aliphatic carbocycles. The number of aliphatic imine (C=N–C) groups is 1. The van der Waals surface area contributed by atoms with E-state index in [1.807, 2.05) is 42.3 Å². The maximum absolute atomic E-state index is 12.6. The van der Waals surface area contributed by atoms with Crippen molar-refractivity contribution in [2.45, 2.75) is 32.4 Å². The third-order valence-electron chi connectivity index (χ3n) is 5.80. The smallest absolute Gasteiger partial charge is 0.223 e. The number of hydrogen-bond acceptors (Lipinski definition) is 4. The zero-order chi connectivity index (χ0) is 22.9. The van der Waals surface area contributed by atoms with Crippen LogP contribution < -0.4 is 14.8 Å². The van der Waals surface area contributed by atoms with E-state index in [2.05, 4.69) is 27.3 Å². The molecule has 1 amide bonds. The summed E-state index contributed by atoms with van der Waals surface area (Å²) >= 11 is 0. The summed E-state index contributed by atoms with van der Waals surface area (Å²) in [7, 11) is 7.08. The summed E-state index contributed by atoms with van der Waals surface area (Å²) in [6.45, 7) is 2.96. The number of guanidine groups is 1. The van der Waals surface area contributed by atoms with Crippen LogP contribution in [0.5, 0.6) is 11.5 Å². The molecule has 7 heteroatoms. The van der Waals surface area contributed by atoms with Gasteiger partial charge >= 0.3 is 0 Å². The highest BCUT2D eigenvalue weighted by Crippen LogP contribution is 2.27. The Morgan fingerprint density at radius 1 is 1.09 bits per heavy atom. The van der Waals surface area contributed by atoms with Gasteiger partial charge in [-0.25, -0.2) is 0 Å². The molecule has 0 saturated carbocycles. The quantitative estimate of drug-likeness (QED) is 0.370. The van der Waals surface area contributed by atoms with Crippen LogP contribution in [0.25, 0.3) is 0 Å². The second-order valence-corrected chi connectivity index (χ2v) is 7.96. The zero-order valence-electron chi connectivity index (χ0n) is 19.6. The summed E-state index contributed by atoms with van der Waals surface area (Å²) in [6.07, 6.45) is 2.16. The number of ether oxygens (including phenoxy) is 2. The van der Waals surface area contributed by atoms with Crippen molar-refractivity contribution >= 4 is 11.9 Å². The Hall–Kier alpha value is -3.22. The average Bonchev–Trinajstić information content (AvgIpc) is 3.26. The minimum atomic E-state index is 0.208. The monoisotopic (exact) mass is 438 g/mol. The fraction of sp³-hybridized carbons (Fsp3) is 0.440. The van der Waals surface area contributed by atoms with Crippen molar-refractivity contribution in [2.24, 2.45) is 4.99 Å². The largest absolute Gasteiger partial charge is 0.493 e. The number of hydrogen-bond donors (Lipinski definition) is 1. The fourth-order valence-corrected chi connectivity index (χ4v) is 3.93. The Morgan fingerprint density at radius 2 is 1.78 bits per heavy atom. The van der Waals surface area contributed by atoms with Gasteiger partial charge in [0.05, 0.1) is 14.2 Å². The lowest BCUT2D eigenvalue weighted by molar-refractivity contribution is -0.131. The molecule has 1 heterocycles. The highest BCUT2D eigenvalue weighted by Gasteiger charge is 2.22. The maximum atomic E-state index is 12.6. The molecular weight excluding hydrogens is 404 g/mol. The Kier molecular flexibility index (Phi) is 8.36. The normalized spacial score (nSPS) is 13.0. The Balaban J connectivity index is 1.39. The molecule has 1 aliphatic rings. The number of nitrogens with zero attached hydrogens (tertiary/aromatic N) is 3. The van der Waals surface area contributed by atoms with Crippen molar-refractivity contribution in [1.29, 1.82) is 0 Å². The highest BCUT2D eigenvalue weighted by molar-refractivity contribution is 5.80. The lowest BCUT2D eigenvalue weighted by Gasteiger charge is -2.22. The molecule has 32 heavy (non-hydrogen) atoms. The van der Waals surface area contributed by atoms with Gasteiger partial charge in [-0.3, -0.25) is 9.79 Å². The number of carbonyl (C=O) groups is 1. The van der Waals surface area contributed by atoms with Gasteiger partial charge in [0.1, 0.15) is 0 Å². The first-order valence-corrected chi connectivity index (χ1v) is 11.0. The second kappa shape index (κ2) is 11.4. The number of amides is 1. The lowest BCUT2D eigenvalue weighted by Crippen LogP contribution is -2.40. The van der Waals surface area contributed by atoms with E-state index in [1.54, 1.807) is 21.3 Å². The molecule has 1 aliphatic heterocycles. The van der Waals surface area contributed by atoms with Gasteiger partial charge in [0.2, 0.25) is 5.91 Å². The molecule has 1 N–H and O–H groups in total. The molecule has 2 aromatic carbocycles. The summed E-state index contributed by atoms with van der Waals surface area (Å²) in [6, 6.07) is 14.3. The van der Waals surface area contributed by atoms with Crippen molar-refractivity contribution in [3.63, 3.8) is 0 Å². The van der Waals surface area contributed by atoms with E-state index in [0.717, 1.165) is 49.9 Å². The summed E-state index contributed by atoms with van der Waals surface area (Å²) in [5.41, 5.74) is 3.69. The first-order chi connectivity index (χ1) is 15.5. The number of nitrogens with one attached hydrogen (secondary N) is 1. The van der Waals surface area contributed by atoms with Crippen molar-refractivity contribution < 1.29 is 14.3 Å². The fourth-order valence-electron chi connectivity index (χ4n) is 3.93. The van der Waals surface area contributed by atoms with Crippen LogP contribution in [-0.4, -0.2) is 63.1 Å². The minimum Gasteiger partial charge on any atom is -0.493 e. The Labute approximate surface area is 191 Å². The molecule has 0 spiro atoms. The van der Waals surface area contributed by atoms with E-state index >= 15 is 0 Å². The van der Waals surface area contributed by atoms with Crippen molar-refractivity contribution in [2.75, 3.05) is 41.4 Å². The topological polar surface area (TPSA) is 66.4 Å². The van der Waals surface area contributed by atoms with Gasteiger partial charge < -0.3 is 24.6 Å². The molecule has 0 unspecified atom stereocenters. The molecule has 0 saturated heterocycles. The predicted octanol–water partition coefficient (Wildman–Crippen LogP) is 3.08. The summed E-state index contributed by atoms with van der Waals surface area (Å²) < 4.78 is 10.7. The van der Waals surface area contributed by atoms with Gasteiger partial charge in [0.15, 0.2) is 17.5 Å².